The Labute approximate surface area is 154 Å². The van der Waals surface area contributed by atoms with Crippen LogP contribution in [0.15, 0.2) is 24.3 Å². The zero-order valence-electron chi connectivity index (χ0n) is 15.7. The minimum absolute atomic E-state index is 0.362. The van der Waals surface area contributed by atoms with Crippen LogP contribution >= 0.6 is 0 Å². The Morgan fingerprint density at radius 1 is 1.00 bits per heavy atom. The summed E-state index contributed by atoms with van der Waals surface area (Å²) in [6.45, 7) is 9.30. The highest BCUT2D eigenvalue weighted by Gasteiger charge is 2.40. The number of anilines is 3. The molecule has 0 bridgehead atoms. The third kappa shape index (κ3) is 3.52. The first-order valence-corrected chi connectivity index (χ1v) is 9.26. The molecule has 4 rings (SSSR count). The van der Waals surface area contributed by atoms with Gasteiger partial charge >= 0.3 is 0 Å². The van der Waals surface area contributed by atoms with Crippen LogP contribution in [0, 0.1) is 20.8 Å². The summed E-state index contributed by atoms with van der Waals surface area (Å²) in [6.07, 6.45) is 1.74. The Morgan fingerprint density at radius 2 is 1.73 bits per heavy atom. The number of rotatable bonds is 3. The number of aryl methyl sites for hydroxylation is 3. The molecule has 0 amide bonds. The molecular formula is C20H26N4O2. The number of hydrogen-bond acceptors (Lipinski definition) is 6. The van der Waals surface area contributed by atoms with E-state index in [2.05, 4.69) is 52.2 Å². The molecule has 26 heavy (non-hydrogen) atoms. The summed E-state index contributed by atoms with van der Waals surface area (Å²) < 4.78 is 11.6. The van der Waals surface area contributed by atoms with Gasteiger partial charge in [-0.05, 0) is 32.4 Å². The highest BCUT2D eigenvalue weighted by atomic mass is 16.7. The van der Waals surface area contributed by atoms with Gasteiger partial charge in [-0.2, -0.15) is 0 Å². The fourth-order valence-corrected chi connectivity index (χ4v) is 3.73. The van der Waals surface area contributed by atoms with Gasteiger partial charge < -0.3 is 19.7 Å². The van der Waals surface area contributed by atoms with Crippen molar-refractivity contribution in [1.82, 2.24) is 9.97 Å². The molecule has 3 heterocycles. The van der Waals surface area contributed by atoms with Crippen LogP contribution in [-0.2, 0) is 9.47 Å². The van der Waals surface area contributed by atoms with Crippen molar-refractivity contribution >= 4 is 17.3 Å². The lowest BCUT2D eigenvalue weighted by molar-refractivity contribution is -0.169. The van der Waals surface area contributed by atoms with E-state index in [-0.39, 0.29) is 5.79 Å². The van der Waals surface area contributed by atoms with Crippen LogP contribution in [0.2, 0.25) is 0 Å². The van der Waals surface area contributed by atoms with E-state index in [4.69, 9.17) is 9.47 Å². The Kier molecular flexibility index (Phi) is 4.54. The third-order valence-electron chi connectivity index (χ3n) is 5.13. The molecule has 138 valence electrons. The fourth-order valence-electron chi connectivity index (χ4n) is 3.73. The summed E-state index contributed by atoms with van der Waals surface area (Å²) in [5.74, 6) is 2.19. The molecule has 2 saturated heterocycles. The monoisotopic (exact) mass is 354 g/mol. The maximum absolute atomic E-state index is 5.82. The smallest absolute Gasteiger partial charge is 0.171 e. The van der Waals surface area contributed by atoms with Gasteiger partial charge in [0.1, 0.15) is 17.5 Å². The van der Waals surface area contributed by atoms with Crippen LogP contribution in [0.5, 0.6) is 0 Å². The molecule has 0 unspecified atom stereocenters. The van der Waals surface area contributed by atoms with E-state index in [0.29, 0.717) is 13.2 Å². The van der Waals surface area contributed by atoms with Gasteiger partial charge in [0, 0.05) is 37.7 Å². The minimum atomic E-state index is -0.362. The largest absolute Gasteiger partial charge is 0.356 e. The SMILES string of the molecule is Cc1ccc(Nc2cc(N3CCC4(CC3)OCCO4)nc(C)n2)c(C)c1. The zero-order chi connectivity index (χ0) is 18.1. The van der Waals surface area contributed by atoms with Gasteiger partial charge in [0.2, 0.25) is 0 Å². The fraction of sp³-hybridized carbons (Fsp3) is 0.500. The van der Waals surface area contributed by atoms with Crippen LogP contribution in [0.25, 0.3) is 0 Å². The predicted octanol–water partition coefficient (Wildman–Crippen LogP) is 3.49. The van der Waals surface area contributed by atoms with Crippen LogP contribution < -0.4 is 10.2 Å². The second kappa shape index (κ2) is 6.85. The molecule has 6 heteroatoms. The zero-order valence-corrected chi connectivity index (χ0v) is 15.7. The van der Waals surface area contributed by atoms with E-state index in [9.17, 15) is 0 Å². The number of nitrogens with one attached hydrogen (secondary N) is 1. The van der Waals surface area contributed by atoms with E-state index in [1.54, 1.807) is 0 Å². The van der Waals surface area contributed by atoms with E-state index in [1.807, 2.05) is 13.0 Å². The maximum Gasteiger partial charge on any atom is 0.171 e. The second-order valence-electron chi connectivity index (χ2n) is 7.20. The Balaban J connectivity index is 1.51. The number of piperidine rings is 1. The first-order chi connectivity index (χ1) is 12.5. The molecule has 1 aromatic carbocycles. The summed E-state index contributed by atoms with van der Waals surface area (Å²) in [4.78, 5) is 11.5. The van der Waals surface area contributed by atoms with E-state index >= 15 is 0 Å². The van der Waals surface area contributed by atoms with Crippen LogP contribution in [0.4, 0.5) is 17.3 Å². The lowest BCUT2D eigenvalue weighted by Gasteiger charge is -2.38. The number of ether oxygens (including phenoxy) is 2. The molecule has 6 nitrogen and oxygen atoms in total. The Hall–Kier alpha value is -2.18. The summed E-state index contributed by atoms with van der Waals surface area (Å²) in [5, 5.41) is 3.44. The topological polar surface area (TPSA) is 59.5 Å². The lowest BCUT2D eigenvalue weighted by atomic mass is 10.0. The van der Waals surface area contributed by atoms with Crippen LogP contribution in [-0.4, -0.2) is 42.1 Å². The summed E-state index contributed by atoms with van der Waals surface area (Å²) >= 11 is 0. The molecule has 2 aliphatic heterocycles. The van der Waals surface area contributed by atoms with Crippen molar-refractivity contribution in [3.8, 4) is 0 Å². The van der Waals surface area contributed by atoms with Crippen molar-refractivity contribution in [2.75, 3.05) is 36.5 Å². The molecule has 2 fully saturated rings. The first-order valence-electron chi connectivity index (χ1n) is 9.26. The number of benzene rings is 1. The van der Waals surface area contributed by atoms with Gasteiger partial charge in [0.25, 0.3) is 0 Å². The van der Waals surface area contributed by atoms with E-state index in [0.717, 1.165) is 49.1 Å². The van der Waals surface area contributed by atoms with E-state index < -0.39 is 0 Å². The molecule has 1 N–H and O–H groups in total. The van der Waals surface area contributed by atoms with Crippen molar-refractivity contribution < 1.29 is 9.47 Å². The third-order valence-corrected chi connectivity index (χ3v) is 5.13. The van der Waals surface area contributed by atoms with Gasteiger partial charge in [-0.3, -0.25) is 0 Å². The minimum Gasteiger partial charge on any atom is -0.356 e. The molecule has 1 spiro atoms. The molecule has 0 saturated carbocycles. The lowest BCUT2D eigenvalue weighted by Crippen LogP contribution is -2.45. The molecular weight excluding hydrogens is 328 g/mol. The predicted molar refractivity (Wildman–Crippen MR) is 102 cm³/mol. The van der Waals surface area contributed by atoms with Crippen molar-refractivity contribution in [3.05, 3.63) is 41.2 Å². The Morgan fingerprint density at radius 3 is 2.42 bits per heavy atom. The number of aromatic nitrogens is 2. The van der Waals surface area contributed by atoms with Crippen molar-refractivity contribution in [1.29, 1.82) is 0 Å². The Bertz CT molecular complexity index is 792. The number of hydrogen-bond donors (Lipinski definition) is 1. The van der Waals surface area contributed by atoms with E-state index in [1.165, 1.54) is 11.1 Å². The normalized spacial score (nSPS) is 19.1. The molecule has 2 aromatic rings. The van der Waals surface area contributed by atoms with Gasteiger partial charge in [-0.25, -0.2) is 9.97 Å². The molecule has 0 radical (unpaired) electrons. The second-order valence-corrected chi connectivity index (χ2v) is 7.20. The first kappa shape index (κ1) is 17.2. The van der Waals surface area contributed by atoms with Gasteiger partial charge in [-0.15, -0.1) is 0 Å². The number of nitrogens with zero attached hydrogens (tertiary/aromatic N) is 3. The van der Waals surface area contributed by atoms with Gasteiger partial charge in [-0.1, -0.05) is 17.7 Å². The quantitative estimate of drug-likeness (QED) is 0.910. The van der Waals surface area contributed by atoms with Crippen molar-refractivity contribution in [2.45, 2.75) is 39.4 Å². The van der Waals surface area contributed by atoms with Crippen LogP contribution in [0.3, 0.4) is 0 Å². The molecule has 1 aromatic heterocycles. The maximum atomic E-state index is 5.82. The average molecular weight is 354 g/mol. The van der Waals surface area contributed by atoms with Crippen molar-refractivity contribution in [3.63, 3.8) is 0 Å². The summed E-state index contributed by atoms with van der Waals surface area (Å²) in [5.41, 5.74) is 3.54. The average Bonchev–Trinajstić information content (AvgIpc) is 3.06. The summed E-state index contributed by atoms with van der Waals surface area (Å²) in [6, 6.07) is 8.40. The van der Waals surface area contributed by atoms with Gasteiger partial charge in [0.05, 0.1) is 13.2 Å². The molecule has 0 atom stereocenters. The standard InChI is InChI=1S/C20H26N4O2/c1-14-4-5-17(15(2)12-14)23-18-13-19(22-16(3)21-18)24-8-6-20(7-9-24)25-10-11-26-20/h4-5,12-13H,6-11H2,1-3H3,(H,21,22,23). The van der Waals surface area contributed by atoms with Crippen molar-refractivity contribution in [2.24, 2.45) is 0 Å². The summed E-state index contributed by atoms with van der Waals surface area (Å²) in [7, 11) is 0. The molecule has 2 aliphatic rings. The van der Waals surface area contributed by atoms with Crippen LogP contribution in [0.1, 0.15) is 29.8 Å². The van der Waals surface area contributed by atoms with Gasteiger partial charge in [0.15, 0.2) is 5.79 Å². The highest BCUT2D eigenvalue weighted by molar-refractivity contribution is 5.63. The molecule has 0 aliphatic carbocycles. The highest BCUT2D eigenvalue weighted by Crippen LogP contribution is 2.33.